The van der Waals surface area contributed by atoms with Crippen molar-refractivity contribution in [3.8, 4) is 0 Å². The largest absolute Gasteiger partial charge is 0.457 e. The van der Waals surface area contributed by atoms with Crippen LogP contribution in [0.1, 0.15) is 5.56 Å². The quantitative estimate of drug-likeness (QED) is 0.575. The number of carbonyl (C=O) groups excluding carboxylic acids is 1. The predicted octanol–water partition coefficient (Wildman–Crippen LogP) is 1.66. The second-order valence-electron chi connectivity index (χ2n) is 3.72. The van der Waals surface area contributed by atoms with Gasteiger partial charge in [0, 0.05) is 6.54 Å². The second-order valence-corrected chi connectivity index (χ2v) is 4.22. The number of esters is 1. The molecule has 0 saturated heterocycles. The van der Waals surface area contributed by atoms with Gasteiger partial charge in [-0.2, -0.15) is 0 Å². The normalized spacial score (nSPS) is 10.2. The molecule has 1 aromatic rings. The second kappa shape index (κ2) is 6.35. The Balaban J connectivity index is 2.38. The number of thiocarbonyl (C=S) groups is 1. The highest BCUT2D eigenvalue weighted by Crippen LogP contribution is 2.01. The lowest BCUT2D eigenvalue weighted by molar-refractivity contribution is -0.136. The molecule has 16 heavy (non-hydrogen) atoms. The molecule has 0 radical (unpaired) electrons. The Kier molecular flexibility index (Phi) is 5.08. The van der Waals surface area contributed by atoms with Gasteiger partial charge in [0.05, 0.1) is 0 Å². The molecule has 0 spiro atoms. The van der Waals surface area contributed by atoms with Crippen molar-refractivity contribution in [3.63, 3.8) is 0 Å². The summed E-state index contributed by atoms with van der Waals surface area (Å²) < 4.78 is 5.08. The van der Waals surface area contributed by atoms with E-state index in [0.29, 0.717) is 11.4 Å². The minimum absolute atomic E-state index is 0.271. The number of nitrogens with zero attached hydrogens (tertiary/aromatic N) is 1. The molecule has 0 unspecified atom stereocenters. The van der Waals surface area contributed by atoms with Crippen molar-refractivity contribution in [2.75, 3.05) is 20.6 Å². The molecule has 0 heterocycles. The lowest BCUT2D eigenvalue weighted by Crippen LogP contribution is -2.27. The lowest BCUT2D eigenvalue weighted by atomic mass is 10.2. The number of carbonyl (C=O) groups is 1. The minimum atomic E-state index is -0.410. The number of hydrogen-bond donors (Lipinski definition) is 0. The van der Waals surface area contributed by atoms with Crippen LogP contribution in [0.3, 0.4) is 0 Å². The van der Waals surface area contributed by atoms with Crippen molar-refractivity contribution in [1.82, 2.24) is 4.90 Å². The summed E-state index contributed by atoms with van der Waals surface area (Å²) >= 11 is 4.95. The summed E-state index contributed by atoms with van der Waals surface area (Å²) in [4.78, 5) is 13.6. The first-order valence-electron chi connectivity index (χ1n) is 4.98. The van der Waals surface area contributed by atoms with Crippen molar-refractivity contribution < 1.29 is 9.53 Å². The van der Waals surface area contributed by atoms with Crippen LogP contribution in [0.15, 0.2) is 30.3 Å². The molecule has 0 fully saturated rings. The van der Waals surface area contributed by atoms with Crippen LogP contribution in [0.2, 0.25) is 0 Å². The molecule has 0 aliphatic rings. The van der Waals surface area contributed by atoms with Crippen molar-refractivity contribution in [2.45, 2.75) is 6.61 Å². The van der Waals surface area contributed by atoms with Crippen LogP contribution in [0.25, 0.3) is 0 Å². The van der Waals surface area contributed by atoms with Crippen LogP contribution >= 0.6 is 12.2 Å². The zero-order valence-corrected chi connectivity index (χ0v) is 10.3. The van der Waals surface area contributed by atoms with Crippen LogP contribution in [-0.2, 0) is 16.1 Å². The maximum absolute atomic E-state index is 11.5. The summed E-state index contributed by atoms with van der Waals surface area (Å²) in [5.74, 6) is -0.410. The van der Waals surface area contributed by atoms with Crippen LogP contribution in [-0.4, -0.2) is 36.4 Å². The molecule has 0 aromatic heterocycles. The molecule has 0 saturated carbocycles. The van der Waals surface area contributed by atoms with E-state index in [1.165, 1.54) is 0 Å². The van der Waals surface area contributed by atoms with Crippen LogP contribution in [0.4, 0.5) is 0 Å². The molecule has 0 bridgehead atoms. The first kappa shape index (κ1) is 12.8. The Morgan fingerprint density at radius 1 is 1.31 bits per heavy atom. The Morgan fingerprint density at radius 2 is 1.94 bits per heavy atom. The Labute approximate surface area is 101 Å². The number of rotatable bonds is 5. The highest BCUT2D eigenvalue weighted by atomic mass is 32.1. The molecule has 1 rings (SSSR count). The molecule has 4 heteroatoms. The van der Waals surface area contributed by atoms with Gasteiger partial charge in [-0.15, -0.1) is 0 Å². The fourth-order valence-corrected chi connectivity index (χ4v) is 1.47. The van der Waals surface area contributed by atoms with Crippen molar-refractivity contribution in [3.05, 3.63) is 35.9 Å². The van der Waals surface area contributed by atoms with Gasteiger partial charge < -0.3 is 9.64 Å². The number of ether oxygens (including phenoxy) is 1. The van der Waals surface area contributed by atoms with E-state index >= 15 is 0 Å². The van der Waals surface area contributed by atoms with E-state index in [4.69, 9.17) is 17.0 Å². The van der Waals surface area contributed by atoms with E-state index in [0.717, 1.165) is 5.56 Å². The standard InChI is InChI=1S/C12H15NO2S/c1-13(2)8-11(16)12(14)15-9-10-6-4-3-5-7-10/h3-7H,8-9H2,1-2H3. The van der Waals surface area contributed by atoms with E-state index in [1.807, 2.05) is 49.3 Å². The Morgan fingerprint density at radius 3 is 2.50 bits per heavy atom. The van der Waals surface area contributed by atoms with Gasteiger partial charge in [0.1, 0.15) is 11.5 Å². The summed E-state index contributed by atoms with van der Waals surface area (Å²) in [6.07, 6.45) is 0. The van der Waals surface area contributed by atoms with E-state index < -0.39 is 5.97 Å². The van der Waals surface area contributed by atoms with Gasteiger partial charge >= 0.3 is 5.97 Å². The molecule has 0 amide bonds. The third kappa shape index (κ3) is 4.51. The third-order valence-electron chi connectivity index (χ3n) is 1.90. The first-order chi connectivity index (χ1) is 7.59. The van der Waals surface area contributed by atoms with Crippen LogP contribution < -0.4 is 0 Å². The summed E-state index contributed by atoms with van der Waals surface area (Å²) in [5, 5.41) is 0. The fraction of sp³-hybridized carbons (Fsp3) is 0.333. The smallest absolute Gasteiger partial charge is 0.346 e. The molecular weight excluding hydrogens is 222 g/mol. The van der Waals surface area contributed by atoms with Gasteiger partial charge in [0.2, 0.25) is 0 Å². The van der Waals surface area contributed by atoms with Gasteiger partial charge in [0.15, 0.2) is 0 Å². The molecule has 0 atom stereocenters. The molecule has 0 aliphatic heterocycles. The maximum atomic E-state index is 11.5. The summed E-state index contributed by atoms with van der Waals surface area (Å²) in [6.45, 7) is 0.718. The zero-order valence-electron chi connectivity index (χ0n) is 9.47. The molecule has 1 aromatic carbocycles. The lowest BCUT2D eigenvalue weighted by Gasteiger charge is -2.10. The molecular formula is C12H15NO2S. The van der Waals surface area contributed by atoms with E-state index in [1.54, 1.807) is 0 Å². The van der Waals surface area contributed by atoms with Crippen LogP contribution in [0.5, 0.6) is 0 Å². The van der Waals surface area contributed by atoms with Crippen molar-refractivity contribution >= 4 is 23.1 Å². The monoisotopic (exact) mass is 237 g/mol. The van der Waals surface area contributed by atoms with Crippen molar-refractivity contribution in [1.29, 1.82) is 0 Å². The Bertz CT molecular complexity index is 363. The topological polar surface area (TPSA) is 29.5 Å². The third-order valence-corrected chi connectivity index (χ3v) is 2.20. The maximum Gasteiger partial charge on any atom is 0.346 e. The molecule has 86 valence electrons. The average molecular weight is 237 g/mol. The summed E-state index contributed by atoms with van der Waals surface area (Å²) in [7, 11) is 3.72. The number of benzene rings is 1. The minimum Gasteiger partial charge on any atom is -0.457 e. The molecule has 0 aliphatic carbocycles. The van der Waals surface area contributed by atoms with Gasteiger partial charge in [-0.05, 0) is 19.7 Å². The fourth-order valence-electron chi connectivity index (χ4n) is 1.16. The van der Waals surface area contributed by atoms with Gasteiger partial charge in [0.25, 0.3) is 0 Å². The van der Waals surface area contributed by atoms with E-state index in [-0.39, 0.29) is 6.61 Å². The first-order valence-corrected chi connectivity index (χ1v) is 5.39. The zero-order chi connectivity index (χ0) is 12.0. The van der Waals surface area contributed by atoms with E-state index in [9.17, 15) is 4.79 Å². The Hall–Kier alpha value is -1.26. The van der Waals surface area contributed by atoms with Crippen LogP contribution in [0, 0.1) is 0 Å². The van der Waals surface area contributed by atoms with Gasteiger partial charge in [-0.3, -0.25) is 0 Å². The number of hydrogen-bond acceptors (Lipinski definition) is 4. The summed E-state index contributed by atoms with van der Waals surface area (Å²) in [5.41, 5.74) is 0.962. The average Bonchev–Trinajstić information content (AvgIpc) is 2.26. The van der Waals surface area contributed by atoms with Gasteiger partial charge in [-0.25, -0.2) is 4.79 Å². The summed E-state index contributed by atoms with van der Waals surface area (Å²) in [6, 6.07) is 9.54. The highest BCUT2D eigenvalue weighted by Gasteiger charge is 2.11. The van der Waals surface area contributed by atoms with Gasteiger partial charge in [-0.1, -0.05) is 42.5 Å². The highest BCUT2D eigenvalue weighted by molar-refractivity contribution is 7.82. The van der Waals surface area contributed by atoms with Crippen molar-refractivity contribution in [2.24, 2.45) is 0 Å². The molecule has 3 nitrogen and oxygen atoms in total. The molecule has 0 N–H and O–H groups in total. The SMILES string of the molecule is CN(C)CC(=S)C(=O)OCc1ccccc1. The predicted molar refractivity (Wildman–Crippen MR) is 67.4 cm³/mol. The van der Waals surface area contributed by atoms with E-state index in [2.05, 4.69) is 0 Å².